The lowest BCUT2D eigenvalue weighted by molar-refractivity contribution is 0.476. The van der Waals surface area contributed by atoms with E-state index in [1.165, 1.54) is 27.3 Å². The summed E-state index contributed by atoms with van der Waals surface area (Å²) in [6, 6.07) is 14.2. The quantitative estimate of drug-likeness (QED) is 0.562. The summed E-state index contributed by atoms with van der Waals surface area (Å²) in [5.41, 5.74) is 2.62. The average Bonchev–Trinajstić information content (AvgIpc) is 2.30. The molecule has 1 nitrogen and oxygen atoms in total. The third kappa shape index (κ3) is 1.55. The molecule has 0 aliphatic heterocycles. The molecule has 1 heteroatoms. The van der Waals surface area contributed by atoms with Gasteiger partial charge in [-0.2, -0.15) is 0 Å². The summed E-state index contributed by atoms with van der Waals surface area (Å²) in [6.07, 6.45) is 0. The summed E-state index contributed by atoms with van der Waals surface area (Å²) in [7, 11) is 0. The molecule has 0 fully saturated rings. The van der Waals surface area contributed by atoms with Crippen LogP contribution in [0.5, 0.6) is 5.75 Å². The summed E-state index contributed by atoms with van der Waals surface area (Å²) in [6.45, 7) is 4.27. The number of aromatic hydroxyl groups is 1. The van der Waals surface area contributed by atoms with Crippen molar-refractivity contribution in [1.29, 1.82) is 0 Å². The Bertz CT molecular complexity index is 726. The first-order chi connectivity index (χ1) is 8.15. The summed E-state index contributed by atoms with van der Waals surface area (Å²) < 4.78 is 0. The molecule has 3 rings (SSSR count). The number of hydrogen-bond acceptors (Lipinski definition) is 1. The highest BCUT2D eigenvalue weighted by Crippen LogP contribution is 2.29. The van der Waals surface area contributed by atoms with E-state index in [9.17, 15) is 5.11 Å². The Morgan fingerprint density at radius 2 is 1.35 bits per heavy atom. The van der Waals surface area contributed by atoms with Crippen LogP contribution in [0.4, 0.5) is 0 Å². The van der Waals surface area contributed by atoms with Gasteiger partial charge in [-0.05, 0) is 58.7 Å². The lowest BCUT2D eigenvalue weighted by atomic mass is 9.97. The maximum Gasteiger partial charge on any atom is 0.116 e. The lowest BCUT2D eigenvalue weighted by Gasteiger charge is -2.07. The minimum Gasteiger partial charge on any atom is -0.508 e. The van der Waals surface area contributed by atoms with Gasteiger partial charge in [-0.15, -0.1) is 0 Å². The van der Waals surface area contributed by atoms with Crippen LogP contribution in [0.2, 0.25) is 0 Å². The summed E-state index contributed by atoms with van der Waals surface area (Å²) >= 11 is 0. The van der Waals surface area contributed by atoms with Gasteiger partial charge in [0.1, 0.15) is 5.75 Å². The van der Waals surface area contributed by atoms with Crippen LogP contribution in [0.25, 0.3) is 21.5 Å². The number of rotatable bonds is 0. The van der Waals surface area contributed by atoms with Crippen LogP contribution >= 0.6 is 0 Å². The van der Waals surface area contributed by atoms with Gasteiger partial charge in [-0.25, -0.2) is 0 Å². The molecule has 0 heterocycles. The summed E-state index contributed by atoms with van der Waals surface area (Å²) in [5, 5.41) is 14.3. The standard InChI is InChI=1S/C16H14O/c1-10-7-12-3-4-13-9-14(17)5-6-15(13)16(12)8-11(10)2/h3-9,17H,1-2H3. The normalized spacial score (nSPS) is 11.2. The van der Waals surface area contributed by atoms with E-state index < -0.39 is 0 Å². The van der Waals surface area contributed by atoms with Gasteiger partial charge in [-0.3, -0.25) is 0 Å². The molecule has 0 saturated carbocycles. The van der Waals surface area contributed by atoms with Crippen LogP contribution in [-0.2, 0) is 0 Å². The van der Waals surface area contributed by atoms with Crippen LogP contribution in [0.3, 0.4) is 0 Å². The Morgan fingerprint density at radius 3 is 2.12 bits per heavy atom. The third-order valence-electron chi connectivity index (χ3n) is 3.43. The van der Waals surface area contributed by atoms with Crippen LogP contribution in [0.1, 0.15) is 11.1 Å². The van der Waals surface area contributed by atoms with Gasteiger partial charge in [0.05, 0.1) is 0 Å². The fourth-order valence-electron chi connectivity index (χ4n) is 2.32. The number of fused-ring (bicyclic) bond motifs is 3. The van der Waals surface area contributed by atoms with Crippen molar-refractivity contribution in [1.82, 2.24) is 0 Å². The van der Waals surface area contributed by atoms with E-state index in [2.05, 4.69) is 38.1 Å². The Kier molecular flexibility index (Phi) is 2.08. The van der Waals surface area contributed by atoms with E-state index in [-0.39, 0.29) is 0 Å². The number of benzene rings is 3. The van der Waals surface area contributed by atoms with E-state index in [0.29, 0.717) is 5.75 Å². The highest BCUT2D eigenvalue weighted by atomic mass is 16.3. The van der Waals surface area contributed by atoms with Crippen molar-refractivity contribution in [3.63, 3.8) is 0 Å². The first-order valence-electron chi connectivity index (χ1n) is 5.78. The SMILES string of the molecule is Cc1cc2ccc3cc(O)ccc3c2cc1C. The molecule has 0 unspecified atom stereocenters. The largest absolute Gasteiger partial charge is 0.508 e. The molecule has 0 aromatic heterocycles. The molecule has 1 N–H and O–H groups in total. The zero-order valence-electron chi connectivity index (χ0n) is 9.99. The fourth-order valence-corrected chi connectivity index (χ4v) is 2.32. The van der Waals surface area contributed by atoms with Gasteiger partial charge in [-0.1, -0.05) is 30.3 Å². The molecule has 0 aliphatic rings. The van der Waals surface area contributed by atoms with E-state index >= 15 is 0 Å². The number of aryl methyl sites for hydroxylation is 2. The van der Waals surface area contributed by atoms with Crippen molar-refractivity contribution >= 4 is 21.5 Å². The minimum atomic E-state index is 0.320. The lowest BCUT2D eigenvalue weighted by Crippen LogP contribution is -1.83. The Labute approximate surface area is 100 Å². The summed E-state index contributed by atoms with van der Waals surface area (Å²) in [5.74, 6) is 0.320. The van der Waals surface area contributed by atoms with Gasteiger partial charge in [0.2, 0.25) is 0 Å². The molecule has 3 aromatic rings. The Balaban J connectivity index is 2.50. The molecule has 0 atom stereocenters. The third-order valence-corrected chi connectivity index (χ3v) is 3.43. The molecule has 0 aliphatic carbocycles. The number of phenolic OH excluding ortho intramolecular Hbond substituents is 1. The predicted molar refractivity (Wildman–Crippen MR) is 72.6 cm³/mol. The van der Waals surface area contributed by atoms with Crippen LogP contribution in [0, 0.1) is 13.8 Å². The Morgan fingerprint density at radius 1 is 0.706 bits per heavy atom. The van der Waals surface area contributed by atoms with E-state index in [4.69, 9.17) is 0 Å². The second-order valence-electron chi connectivity index (χ2n) is 4.63. The first-order valence-corrected chi connectivity index (χ1v) is 5.78. The van der Waals surface area contributed by atoms with E-state index in [1.807, 2.05) is 12.1 Å². The average molecular weight is 222 g/mol. The number of hydrogen-bond donors (Lipinski definition) is 1. The molecular weight excluding hydrogens is 208 g/mol. The van der Waals surface area contributed by atoms with Crippen molar-refractivity contribution in [2.75, 3.05) is 0 Å². The zero-order valence-corrected chi connectivity index (χ0v) is 9.99. The van der Waals surface area contributed by atoms with Crippen LogP contribution in [0.15, 0.2) is 42.5 Å². The molecule has 17 heavy (non-hydrogen) atoms. The molecule has 84 valence electrons. The van der Waals surface area contributed by atoms with Gasteiger partial charge >= 0.3 is 0 Å². The van der Waals surface area contributed by atoms with Gasteiger partial charge in [0.15, 0.2) is 0 Å². The second kappa shape index (κ2) is 3.49. The zero-order chi connectivity index (χ0) is 12.0. The van der Waals surface area contributed by atoms with Crippen molar-refractivity contribution in [2.24, 2.45) is 0 Å². The van der Waals surface area contributed by atoms with Crippen LogP contribution in [-0.4, -0.2) is 5.11 Å². The smallest absolute Gasteiger partial charge is 0.116 e. The second-order valence-corrected chi connectivity index (χ2v) is 4.63. The molecule has 0 amide bonds. The maximum atomic E-state index is 9.50. The first kappa shape index (κ1) is 10.2. The molecule has 0 spiro atoms. The van der Waals surface area contributed by atoms with Crippen molar-refractivity contribution < 1.29 is 5.11 Å². The predicted octanol–water partition coefficient (Wildman–Crippen LogP) is 4.32. The fraction of sp³-hybridized carbons (Fsp3) is 0.125. The van der Waals surface area contributed by atoms with Crippen LogP contribution < -0.4 is 0 Å². The highest BCUT2D eigenvalue weighted by Gasteiger charge is 2.03. The molecule has 0 saturated heterocycles. The summed E-state index contributed by atoms with van der Waals surface area (Å²) in [4.78, 5) is 0. The van der Waals surface area contributed by atoms with E-state index in [0.717, 1.165) is 5.39 Å². The number of phenols is 1. The van der Waals surface area contributed by atoms with Crippen molar-refractivity contribution in [3.8, 4) is 5.75 Å². The van der Waals surface area contributed by atoms with Gasteiger partial charge in [0.25, 0.3) is 0 Å². The molecule has 0 bridgehead atoms. The molecular formula is C16H14O. The maximum absolute atomic E-state index is 9.50. The monoisotopic (exact) mass is 222 g/mol. The van der Waals surface area contributed by atoms with Crippen molar-refractivity contribution in [2.45, 2.75) is 13.8 Å². The topological polar surface area (TPSA) is 20.2 Å². The minimum absolute atomic E-state index is 0.320. The van der Waals surface area contributed by atoms with Crippen molar-refractivity contribution in [3.05, 3.63) is 53.6 Å². The van der Waals surface area contributed by atoms with Gasteiger partial charge in [0, 0.05) is 0 Å². The Hall–Kier alpha value is -2.02. The molecule has 0 radical (unpaired) electrons. The molecule has 3 aromatic carbocycles. The van der Waals surface area contributed by atoms with E-state index in [1.54, 1.807) is 6.07 Å². The highest BCUT2D eigenvalue weighted by molar-refractivity contribution is 6.08. The van der Waals surface area contributed by atoms with Gasteiger partial charge < -0.3 is 5.11 Å².